The average Bonchev–Trinajstić information content (AvgIpc) is 2.39. The molecule has 0 fully saturated rings. The van der Waals surface area contributed by atoms with Crippen LogP contribution in [-0.4, -0.2) is 42.2 Å². The molecule has 0 aliphatic rings. The van der Waals surface area contributed by atoms with Crippen LogP contribution in [0.5, 0.6) is 0 Å². The number of rotatable bonds is 6. The quantitative estimate of drug-likeness (QED) is 0.748. The molecule has 1 aromatic rings. The Balaban J connectivity index is 0. The number of carbonyl (C=O) groups is 1. The number of hydrogen-bond donors (Lipinski definition) is 2. The van der Waals surface area contributed by atoms with E-state index < -0.39 is 5.91 Å². The molecule has 105 valence electrons. The summed E-state index contributed by atoms with van der Waals surface area (Å²) < 4.78 is 0. The fourth-order valence-electron chi connectivity index (χ4n) is 1.29. The van der Waals surface area contributed by atoms with Gasteiger partial charge in [-0.3, -0.25) is 4.79 Å². The third-order valence-electron chi connectivity index (χ3n) is 2.31. The molecule has 0 saturated carbocycles. The third kappa shape index (κ3) is 12.5. The first kappa shape index (κ1) is 21.0. The van der Waals surface area contributed by atoms with Gasteiger partial charge in [-0.2, -0.15) is 35.9 Å². The molecule has 0 aliphatic heterocycles. The van der Waals surface area contributed by atoms with Crippen molar-refractivity contribution < 1.29 is 42.6 Å². The first-order valence-electron chi connectivity index (χ1n) is 5.99. The molecule has 5 heteroatoms. The molecule has 19 heavy (non-hydrogen) atoms. The summed E-state index contributed by atoms with van der Waals surface area (Å²) in [4.78, 5) is 12.0. The van der Waals surface area contributed by atoms with Crippen LogP contribution in [-0.2, 0) is 43.9 Å². The predicted molar refractivity (Wildman–Crippen MR) is 72.7 cm³/mol. The van der Waals surface area contributed by atoms with Crippen molar-refractivity contribution in [3.63, 3.8) is 0 Å². The van der Waals surface area contributed by atoms with E-state index in [2.05, 4.69) is 32.0 Å². The summed E-state index contributed by atoms with van der Waals surface area (Å²) in [7, 11) is 0. The second-order valence-corrected chi connectivity index (χ2v) is 3.73. The first-order chi connectivity index (χ1) is 8.63. The standard InChI is InChI=1S/C8H9.C6H13N2O2.Y/c1-2-8-6-4-3-5-7-8;1-2-8(3-4-9)5-6(7)10;/h4-7H,2H2,1H3;9H,1-5H2,(H2,7,10);/q2*-1;. The molecule has 4 nitrogen and oxygen atoms in total. The van der Waals surface area contributed by atoms with Crippen LogP contribution in [0.25, 0.3) is 0 Å². The van der Waals surface area contributed by atoms with Gasteiger partial charge in [0.1, 0.15) is 0 Å². The van der Waals surface area contributed by atoms with Gasteiger partial charge >= 0.3 is 0 Å². The minimum Gasteiger partial charge on any atom is -0.395 e. The summed E-state index contributed by atoms with van der Waals surface area (Å²) in [5, 5.41) is 8.46. The number of nitrogens with two attached hydrogens (primary N) is 1. The van der Waals surface area contributed by atoms with Gasteiger partial charge in [-0.05, 0) is 0 Å². The van der Waals surface area contributed by atoms with E-state index in [9.17, 15) is 4.79 Å². The summed E-state index contributed by atoms with van der Waals surface area (Å²) in [5.74, 6) is -0.392. The molecular formula is C14H22N2O2Y-2. The zero-order valence-corrected chi connectivity index (χ0v) is 14.3. The molecule has 0 aliphatic carbocycles. The van der Waals surface area contributed by atoms with Crippen LogP contribution < -0.4 is 5.73 Å². The van der Waals surface area contributed by atoms with Gasteiger partial charge in [0.2, 0.25) is 5.91 Å². The Hall–Kier alpha value is -0.286. The predicted octanol–water partition coefficient (Wildman–Crippen LogP) is 0.647. The van der Waals surface area contributed by atoms with E-state index in [1.807, 2.05) is 12.1 Å². The zero-order chi connectivity index (χ0) is 13.8. The topological polar surface area (TPSA) is 66.6 Å². The van der Waals surface area contributed by atoms with Gasteiger partial charge in [0, 0.05) is 39.3 Å². The zero-order valence-electron chi connectivity index (χ0n) is 11.5. The number of aryl methyl sites for hydroxylation is 1. The van der Waals surface area contributed by atoms with Crippen molar-refractivity contribution in [2.45, 2.75) is 13.3 Å². The number of carbonyl (C=O) groups excluding carboxylic acids is 1. The van der Waals surface area contributed by atoms with Crippen LogP contribution in [0.15, 0.2) is 24.3 Å². The molecule has 1 radical (unpaired) electrons. The Morgan fingerprint density at radius 2 is 2.05 bits per heavy atom. The maximum absolute atomic E-state index is 10.3. The van der Waals surface area contributed by atoms with E-state index in [1.165, 1.54) is 5.56 Å². The van der Waals surface area contributed by atoms with Gasteiger partial charge in [-0.25, -0.2) is 0 Å². The number of primary amides is 1. The molecule has 1 amide bonds. The maximum atomic E-state index is 10.3. The molecule has 1 rings (SSSR count). The Kier molecular flexibility index (Phi) is 15.6. The van der Waals surface area contributed by atoms with Crippen LogP contribution in [0.2, 0.25) is 0 Å². The summed E-state index contributed by atoms with van der Waals surface area (Å²) in [5.41, 5.74) is 6.29. The van der Waals surface area contributed by atoms with Crippen LogP contribution >= 0.6 is 0 Å². The van der Waals surface area contributed by atoms with Gasteiger partial charge in [0.25, 0.3) is 0 Å². The first-order valence-corrected chi connectivity index (χ1v) is 5.99. The second-order valence-electron chi connectivity index (χ2n) is 3.73. The Labute approximate surface area is 141 Å². The summed E-state index contributed by atoms with van der Waals surface area (Å²) in [6.07, 6.45) is 1.12. The molecule has 0 bridgehead atoms. The fraction of sp³-hybridized carbons (Fsp3) is 0.429. The van der Waals surface area contributed by atoms with E-state index in [4.69, 9.17) is 10.8 Å². The van der Waals surface area contributed by atoms with Crippen molar-refractivity contribution in [2.24, 2.45) is 5.73 Å². The molecule has 0 spiro atoms. The third-order valence-corrected chi connectivity index (χ3v) is 2.31. The minimum absolute atomic E-state index is 0. The number of hydrogen-bond acceptors (Lipinski definition) is 3. The van der Waals surface area contributed by atoms with Gasteiger partial charge in [0.05, 0.1) is 13.2 Å². The van der Waals surface area contributed by atoms with E-state index in [-0.39, 0.29) is 45.9 Å². The van der Waals surface area contributed by atoms with E-state index in [0.717, 1.165) is 6.42 Å². The Bertz CT molecular complexity index is 320. The molecule has 0 aromatic heterocycles. The monoisotopic (exact) mass is 339 g/mol. The SMILES string of the molecule is CCc1cc[c-]cc1.[CH2-]CN(CCO)CC(N)=O.[Y]. The van der Waals surface area contributed by atoms with Crippen molar-refractivity contribution in [1.29, 1.82) is 0 Å². The van der Waals surface area contributed by atoms with Crippen LogP contribution in [0, 0.1) is 13.0 Å². The van der Waals surface area contributed by atoms with E-state index in [0.29, 0.717) is 13.1 Å². The van der Waals surface area contributed by atoms with E-state index in [1.54, 1.807) is 4.90 Å². The number of nitrogens with zero attached hydrogens (tertiary/aromatic N) is 1. The molecule has 3 N–H and O–H groups in total. The summed E-state index contributed by atoms with van der Waals surface area (Å²) in [6, 6.07) is 11.0. The van der Waals surface area contributed by atoms with Gasteiger partial charge in [-0.1, -0.05) is 13.3 Å². The van der Waals surface area contributed by atoms with Crippen molar-refractivity contribution >= 4 is 5.91 Å². The average molecular weight is 339 g/mol. The van der Waals surface area contributed by atoms with Gasteiger partial charge in [0.15, 0.2) is 0 Å². The maximum Gasteiger partial charge on any atom is 0.231 e. The van der Waals surface area contributed by atoms with Crippen molar-refractivity contribution in [2.75, 3.05) is 26.2 Å². The second kappa shape index (κ2) is 14.1. The van der Waals surface area contributed by atoms with Crippen LogP contribution in [0.3, 0.4) is 0 Å². The largest absolute Gasteiger partial charge is 0.395 e. The number of amides is 1. The molecular weight excluding hydrogens is 317 g/mol. The minimum atomic E-state index is -0.392. The van der Waals surface area contributed by atoms with Crippen molar-refractivity contribution in [3.05, 3.63) is 42.8 Å². The molecule has 0 atom stereocenters. The van der Waals surface area contributed by atoms with E-state index >= 15 is 0 Å². The molecule has 0 unspecified atom stereocenters. The Morgan fingerprint density at radius 1 is 1.47 bits per heavy atom. The number of aliphatic hydroxyl groups is 1. The Morgan fingerprint density at radius 3 is 2.37 bits per heavy atom. The normalized spacial score (nSPS) is 9.26. The summed E-state index contributed by atoms with van der Waals surface area (Å²) >= 11 is 0. The molecule has 0 heterocycles. The van der Waals surface area contributed by atoms with Crippen molar-refractivity contribution in [1.82, 2.24) is 4.90 Å². The molecule has 1 aromatic carbocycles. The number of aliphatic hydroxyl groups excluding tert-OH is 1. The number of benzene rings is 1. The van der Waals surface area contributed by atoms with Gasteiger partial charge < -0.3 is 22.7 Å². The van der Waals surface area contributed by atoms with Crippen LogP contribution in [0.1, 0.15) is 12.5 Å². The van der Waals surface area contributed by atoms with Gasteiger partial charge in [-0.15, -0.1) is 6.54 Å². The van der Waals surface area contributed by atoms with Crippen LogP contribution in [0.4, 0.5) is 0 Å². The summed E-state index contributed by atoms with van der Waals surface area (Å²) in [6.45, 7) is 6.85. The fourth-order valence-corrected chi connectivity index (χ4v) is 1.29. The van der Waals surface area contributed by atoms with Crippen molar-refractivity contribution in [3.8, 4) is 0 Å². The smallest absolute Gasteiger partial charge is 0.231 e. The molecule has 0 saturated heterocycles.